The standard InChI is InChI=1S/C19H18BrFN4O3/c1-27-16-8-12-15(9-17(16)28-6-2-3-18(22)26)23-10-24-19(12)25-14-5-4-11(20)7-13(14)21/h4-5,7-10H,2-3,6H2,1H3,(H2,22,26)(H,23,24,25). The van der Waals surface area contributed by atoms with Gasteiger partial charge in [0.25, 0.3) is 0 Å². The van der Waals surface area contributed by atoms with Crippen molar-refractivity contribution in [3.8, 4) is 11.5 Å². The third-order valence-corrected chi connectivity index (χ3v) is 4.42. The topological polar surface area (TPSA) is 99.4 Å². The first kappa shape index (κ1) is 19.8. The minimum atomic E-state index is -0.414. The second kappa shape index (κ2) is 8.83. The van der Waals surface area contributed by atoms with Gasteiger partial charge in [-0.1, -0.05) is 15.9 Å². The normalized spacial score (nSPS) is 10.7. The van der Waals surface area contributed by atoms with Crippen LogP contribution in [0.15, 0.2) is 41.1 Å². The molecule has 0 fully saturated rings. The molecule has 1 aromatic heterocycles. The van der Waals surface area contributed by atoms with E-state index in [9.17, 15) is 9.18 Å². The number of nitrogens with one attached hydrogen (secondary N) is 1. The highest BCUT2D eigenvalue weighted by Crippen LogP contribution is 2.35. The second-order valence-corrected chi connectivity index (χ2v) is 6.83. The Hall–Kier alpha value is -2.94. The van der Waals surface area contributed by atoms with Crippen molar-refractivity contribution in [1.29, 1.82) is 0 Å². The first-order chi connectivity index (χ1) is 13.5. The molecule has 28 heavy (non-hydrogen) atoms. The number of hydrogen-bond donors (Lipinski definition) is 2. The highest BCUT2D eigenvalue weighted by atomic mass is 79.9. The van der Waals surface area contributed by atoms with Gasteiger partial charge in [0, 0.05) is 22.3 Å². The van der Waals surface area contributed by atoms with Crippen molar-refractivity contribution in [2.75, 3.05) is 19.0 Å². The summed E-state index contributed by atoms with van der Waals surface area (Å²) >= 11 is 3.23. The molecule has 0 radical (unpaired) electrons. The molecule has 0 unspecified atom stereocenters. The molecule has 146 valence electrons. The lowest BCUT2D eigenvalue weighted by molar-refractivity contribution is -0.118. The number of rotatable bonds is 8. The maximum atomic E-state index is 14.2. The maximum absolute atomic E-state index is 14.2. The van der Waals surface area contributed by atoms with E-state index in [1.54, 1.807) is 24.3 Å². The Labute approximate surface area is 169 Å². The van der Waals surface area contributed by atoms with Crippen LogP contribution in [0.4, 0.5) is 15.9 Å². The molecule has 3 N–H and O–H groups in total. The smallest absolute Gasteiger partial charge is 0.217 e. The summed E-state index contributed by atoms with van der Waals surface area (Å²) in [5.41, 5.74) is 6.01. The lowest BCUT2D eigenvalue weighted by Crippen LogP contribution is -2.12. The lowest BCUT2D eigenvalue weighted by Gasteiger charge is -2.14. The molecule has 0 aliphatic carbocycles. The minimum Gasteiger partial charge on any atom is -0.493 e. The van der Waals surface area contributed by atoms with Gasteiger partial charge in [-0.05, 0) is 30.7 Å². The molecular formula is C19H18BrFN4O3. The van der Waals surface area contributed by atoms with Crippen LogP contribution in [0.3, 0.4) is 0 Å². The quantitative estimate of drug-likeness (QED) is 0.506. The molecule has 1 heterocycles. The van der Waals surface area contributed by atoms with Crippen molar-refractivity contribution in [1.82, 2.24) is 9.97 Å². The van der Waals surface area contributed by atoms with Gasteiger partial charge in [0.15, 0.2) is 11.5 Å². The van der Waals surface area contributed by atoms with Crippen molar-refractivity contribution >= 4 is 44.2 Å². The molecule has 0 aliphatic rings. The van der Waals surface area contributed by atoms with Crippen LogP contribution in [-0.4, -0.2) is 29.6 Å². The Bertz CT molecular complexity index is 1020. The summed E-state index contributed by atoms with van der Waals surface area (Å²) in [4.78, 5) is 19.3. The maximum Gasteiger partial charge on any atom is 0.217 e. The molecule has 3 rings (SSSR count). The van der Waals surface area contributed by atoms with Crippen molar-refractivity contribution in [3.05, 3.63) is 46.9 Å². The summed E-state index contributed by atoms with van der Waals surface area (Å²) in [7, 11) is 1.52. The van der Waals surface area contributed by atoms with E-state index in [1.807, 2.05) is 0 Å². The van der Waals surface area contributed by atoms with Crippen LogP contribution in [0.1, 0.15) is 12.8 Å². The van der Waals surface area contributed by atoms with E-state index < -0.39 is 5.82 Å². The summed E-state index contributed by atoms with van der Waals surface area (Å²) in [6, 6.07) is 8.14. The lowest BCUT2D eigenvalue weighted by atomic mass is 10.2. The number of amides is 1. The average Bonchev–Trinajstić information content (AvgIpc) is 2.66. The van der Waals surface area contributed by atoms with Crippen LogP contribution in [0.25, 0.3) is 10.9 Å². The van der Waals surface area contributed by atoms with Crippen LogP contribution < -0.4 is 20.5 Å². The first-order valence-electron chi connectivity index (χ1n) is 8.44. The molecule has 0 saturated carbocycles. The number of carbonyl (C=O) groups is 1. The van der Waals surface area contributed by atoms with Crippen molar-refractivity contribution in [2.24, 2.45) is 5.73 Å². The number of primary amides is 1. The largest absolute Gasteiger partial charge is 0.493 e. The Morgan fingerprint density at radius 2 is 2.07 bits per heavy atom. The van der Waals surface area contributed by atoms with Gasteiger partial charge in [-0.25, -0.2) is 14.4 Å². The van der Waals surface area contributed by atoms with Gasteiger partial charge in [0.05, 0.1) is 24.9 Å². The molecule has 0 bridgehead atoms. The molecule has 0 saturated heterocycles. The van der Waals surface area contributed by atoms with Gasteiger partial charge in [-0.3, -0.25) is 4.79 Å². The average molecular weight is 449 g/mol. The number of hydrogen-bond acceptors (Lipinski definition) is 6. The van der Waals surface area contributed by atoms with Crippen molar-refractivity contribution in [3.63, 3.8) is 0 Å². The Morgan fingerprint density at radius 3 is 2.79 bits per heavy atom. The summed E-state index contributed by atoms with van der Waals surface area (Å²) in [6.45, 7) is 0.311. The fourth-order valence-electron chi connectivity index (χ4n) is 2.58. The molecule has 3 aromatic rings. The molecule has 0 aliphatic heterocycles. The van der Waals surface area contributed by atoms with Crippen LogP contribution in [0.5, 0.6) is 11.5 Å². The Morgan fingerprint density at radius 1 is 1.25 bits per heavy atom. The van der Waals surface area contributed by atoms with Gasteiger partial charge < -0.3 is 20.5 Å². The SMILES string of the molecule is COc1cc2c(Nc3ccc(Br)cc3F)ncnc2cc1OCCCC(N)=O. The highest BCUT2D eigenvalue weighted by Gasteiger charge is 2.13. The molecule has 2 aromatic carbocycles. The third-order valence-electron chi connectivity index (χ3n) is 3.93. The molecule has 1 amide bonds. The van der Waals surface area contributed by atoms with E-state index in [-0.39, 0.29) is 18.0 Å². The number of methoxy groups -OCH3 is 1. The number of ether oxygens (including phenoxy) is 2. The number of anilines is 2. The summed E-state index contributed by atoms with van der Waals surface area (Å²) in [5.74, 6) is 0.602. The fourth-order valence-corrected chi connectivity index (χ4v) is 2.92. The number of halogens is 2. The predicted molar refractivity (Wildman–Crippen MR) is 107 cm³/mol. The second-order valence-electron chi connectivity index (χ2n) is 5.91. The summed E-state index contributed by atoms with van der Waals surface area (Å²) in [5, 5.41) is 3.63. The monoisotopic (exact) mass is 448 g/mol. The van der Waals surface area contributed by atoms with E-state index in [2.05, 4.69) is 31.2 Å². The van der Waals surface area contributed by atoms with Crippen molar-refractivity contribution in [2.45, 2.75) is 12.8 Å². The number of nitrogens with zero attached hydrogens (tertiary/aromatic N) is 2. The van der Waals surface area contributed by atoms with E-state index in [0.29, 0.717) is 45.7 Å². The molecule has 0 atom stereocenters. The zero-order valence-corrected chi connectivity index (χ0v) is 16.6. The van der Waals surface area contributed by atoms with Gasteiger partial charge in [-0.2, -0.15) is 0 Å². The summed E-state index contributed by atoms with van der Waals surface area (Å²) in [6.07, 6.45) is 2.12. The van der Waals surface area contributed by atoms with E-state index in [0.717, 1.165) is 0 Å². The van der Waals surface area contributed by atoms with Crippen LogP contribution in [-0.2, 0) is 4.79 Å². The molecular weight excluding hydrogens is 431 g/mol. The van der Waals surface area contributed by atoms with E-state index in [1.165, 1.54) is 19.5 Å². The zero-order valence-electron chi connectivity index (χ0n) is 15.0. The van der Waals surface area contributed by atoms with Crippen molar-refractivity contribution < 1.29 is 18.7 Å². The van der Waals surface area contributed by atoms with E-state index in [4.69, 9.17) is 15.2 Å². The Kier molecular flexibility index (Phi) is 6.25. The molecule has 9 heteroatoms. The molecule has 7 nitrogen and oxygen atoms in total. The Balaban J connectivity index is 1.90. The zero-order chi connectivity index (χ0) is 20.1. The summed E-state index contributed by atoms with van der Waals surface area (Å²) < 4.78 is 25.9. The van der Waals surface area contributed by atoms with Crippen LogP contribution in [0.2, 0.25) is 0 Å². The number of benzene rings is 2. The predicted octanol–water partition coefficient (Wildman–Crippen LogP) is 3.93. The minimum absolute atomic E-state index is 0.241. The van der Waals surface area contributed by atoms with E-state index >= 15 is 0 Å². The van der Waals surface area contributed by atoms with Gasteiger partial charge in [-0.15, -0.1) is 0 Å². The molecule has 0 spiro atoms. The number of nitrogens with two attached hydrogens (primary N) is 1. The number of aromatic nitrogens is 2. The van der Waals surface area contributed by atoms with Gasteiger partial charge in [0.1, 0.15) is 18.0 Å². The van der Waals surface area contributed by atoms with Crippen LogP contribution >= 0.6 is 15.9 Å². The fraction of sp³-hybridized carbons (Fsp3) is 0.211. The number of fused-ring (bicyclic) bond motifs is 1. The van der Waals surface area contributed by atoms with Gasteiger partial charge >= 0.3 is 0 Å². The van der Waals surface area contributed by atoms with Crippen LogP contribution in [0, 0.1) is 5.82 Å². The first-order valence-corrected chi connectivity index (χ1v) is 9.23. The number of carbonyl (C=O) groups excluding carboxylic acids is 1. The third kappa shape index (κ3) is 4.66. The highest BCUT2D eigenvalue weighted by molar-refractivity contribution is 9.10. The van der Waals surface area contributed by atoms with Gasteiger partial charge in [0.2, 0.25) is 5.91 Å².